The van der Waals surface area contributed by atoms with Crippen molar-refractivity contribution >= 4 is 17.3 Å². The summed E-state index contributed by atoms with van der Waals surface area (Å²) in [5.74, 6) is 0.904. The van der Waals surface area contributed by atoms with Crippen molar-refractivity contribution in [1.82, 2.24) is 0 Å². The molecule has 2 aromatic carbocycles. The second-order valence-electron chi connectivity index (χ2n) is 5.13. The second-order valence-corrected chi connectivity index (χ2v) is 5.54. The van der Waals surface area contributed by atoms with E-state index < -0.39 is 0 Å². The second kappa shape index (κ2) is 6.67. The molecule has 0 aliphatic carbocycles. The average molecular weight is 290 g/mol. The molecule has 0 aromatic heterocycles. The van der Waals surface area contributed by atoms with Crippen molar-refractivity contribution in [3.8, 4) is 5.75 Å². The van der Waals surface area contributed by atoms with Crippen LogP contribution in [0.1, 0.15) is 25.0 Å². The summed E-state index contributed by atoms with van der Waals surface area (Å²) in [5, 5.41) is 4.15. The molecule has 20 heavy (non-hydrogen) atoms. The minimum Gasteiger partial charge on any atom is -0.491 e. The highest BCUT2D eigenvalue weighted by atomic mass is 35.5. The molecular weight excluding hydrogens is 270 g/mol. The molecule has 0 saturated heterocycles. The zero-order valence-electron chi connectivity index (χ0n) is 12.1. The summed E-state index contributed by atoms with van der Waals surface area (Å²) in [4.78, 5) is 0. The number of hydrogen-bond acceptors (Lipinski definition) is 2. The Kier molecular flexibility index (Phi) is 4.91. The van der Waals surface area contributed by atoms with Gasteiger partial charge in [0, 0.05) is 17.3 Å². The molecule has 0 heterocycles. The van der Waals surface area contributed by atoms with Gasteiger partial charge in [-0.15, -0.1) is 0 Å². The van der Waals surface area contributed by atoms with Crippen LogP contribution in [-0.2, 0) is 6.54 Å². The van der Waals surface area contributed by atoms with Gasteiger partial charge in [-0.2, -0.15) is 0 Å². The normalized spacial score (nSPS) is 10.7. The number of nitrogens with one attached hydrogen (secondary N) is 1. The van der Waals surface area contributed by atoms with Gasteiger partial charge in [-0.3, -0.25) is 0 Å². The standard InChI is InChI=1S/C17H20ClNO/c1-12(2)20-16-6-4-5-14(9-16)11-19-15-8-7-13(3)17(18)10-15/h4-10,12,19H,11H2,1-3H3. The van der Waals surface area contributed by atoms with E-state index in [0.29, 0.717) is 0 Å². The highest BCUT2D eigenvalue weighted by Gasteiger charge is 2.01. The molecule has 0 unspecified atom stereocenters. The molecule has 0 atom stereocenters. The van der Waals surface area contributed by atoms with E-state index in [1.807, 2.05) is 51.1 Å². The Morgan fingerprint density at radius 1 is 1.15 bits per heavy atom. The maximum absolute atomic E-state index is 6.12. The maximum Gasteiger partial charge on any atom is 0.120 e. The minimum absolute atomic E-state index is 0.189. The predicted octanol–water partition coefficient (Wildman–Crippen LogP) is 5.05. The van der Waals surface area contributed by atoms with Crippen LogP contribution in [0.15, 0.2) is 42.5 Å². The van der Waals surface area contributed by atoms with E-state index in [0.717, 1.165) is 28.6 Å². The third-order valence-electron chi connectivity index (χ3n) is 2.94. The summed E-state index contributed by atoms with van der Waals surface area (Å²) in [6, 6.07) is 14.1. The van der Waals surface area contributed by atoms with Crippen LogP contribution >= 0.6 is 11.6 Å². The van der Waals surface area contributed by atoms with E-state index in [1.165, 1.54) is 5.56 Å². The molecule has 3 heteroatoms. The summed E-state index contributed by atoms with van der Waals surface area (Å²) in [7, 11) is 0. The maximum atomic E-state index is 6.12. The van der Waals surface area contributed by atoms with Gasteiger partial charge < -0.3 is 10.1 Å². The molecule has 0 saturated carbocycles. The summed E-state index contributed by atoms with van der Waals surface area (Å²) in [5.41, 5.74) is 3.29. The van der Waals surface area contributed by atoms with E-state index in [9.17, 15) is 0 Å². The molecule has 0 bridgehead atoms. The number of aryl methyl sites for hydroxylation is 1. The topological polar surface area (TPSA) is 21.3 Å². The van der Waals surface area contributed by atoms with E-state index in [2.05, 4.69) is 17.4 Å². The van der Waals surface area contributed by atoms with Crippen molar-refractivity contribution in [2.24, 2.45) is 0 Å². The fourth-order valence-electron chi connectivity index (χ4n) is 1.91. The molecule has 2 rings (SSSR count). The largest absolute Gasteiger partial charge is 0.491 e. The van der Waals surface area contributed by atoms with Crippen molar-refractivity contribution in [1.29, 1.82) is 0 Å². The Morgan fingerprint density at radius 3 is 2.65 bits per heavy atom. The molecule has 0 spiro atoms. The third-order valence-corrected chi connectivity index (χ3v) is 3.35. The Bertz CT molecular complexity index is 581. The number of hydrogen-bond donors (Lipinski definition) is 1. The molecule has 0 aliphatic heterocycles. The van der Waals surface area contributed by atoms with Crippen LogP contribution < -0.4 is 10.1 Å². The zero-order valence-corrected chi connectivity index (χ0v) is 12.9. The fraction of sp³-hybridized carbons (Fsp3) is 0.294. The lowest BCUT2D eigenvalue weighted by atomic mass is 10.2. The average Bonchev–Trinajstić information content (AvgIpc) is 2.40. The van der Waals surface area contributed by atoms with Crippen LogP contribution in [0.2, 0.25) is 5.02 Å². The molecule has 2 aromatic rings. The Hall–Kier alpha value is -1.67. The van der Waals surface area contributed by atoms with Gasteiger partial charge in [-0.05, 0) is 56.2 Å². The Labute approximate surface area is 125 Å². The quantitative estimate of drug-likeness (QED) is 0.832. The van der Waals surface area contributed by atoms with Gasteiger partial charge in [0.15, 0.2) is 0 Å². The van der Waals surface area contributed by atoms with Crippen molar-refractivity contribution in [2.45, 2.75) is 33.4 Å². The third kappa shape index (κ3) is 4.17. The lowest BCUT2D eigenvalue weighted by Gasteiger charge is -2.12. The molecule has 0 aliphatic rings. The van der Waals surface area contributed by atoms with Crippen LogP contribution in [0.5, 0.6) is 5.75 Å². The number of ether oxygens (including phenoxy) is 1. The van der Waals surface area contributed by atoms with Gasteiger partial charge in [0.05, 0.1) is 6.10 Å². The molecular formula is C17H20ClNO. The van der Waals surface area contributed by atoms with Crippen LogP contribution in [0.3, 0.4) is 0 Å². The van der Waals surface area contributed by atoms with Crippen LogP contribution in [0.25, 0.3) is 0 Å². The summed E-state index contributed by atoms with van der Waals surface area (Å²) < 4.78 is 5.69. The van der Waals surface area contributed by atoms with Gasteiger partial charge in [0.25, 0.3) is 0 Å². The lowest BCUT2D eigenvalue weighted by Crippen LogP contribution is -2.06. The summed E-state index contributed by atoms with van der Waals surface area (Å²) in [6.07, 6.45) is 0.189. The first-order valence-corrected chi connectivity index (χ1v) is 7.18. The fourth-order valence-corrected chi connectivity index (χ4v) is 2.09. The smallest absolute Gasteiger partial charge is 0.120 e. The first kappa shape index (κ1) is 14.7. The van der Waals surface area contributed by atoms with E-state index >= 15 is 0 Å². The van der Waals surface area contributed by atoms with E-state index in [-0.39, 0.29) is 6.10 Å². The van der Waals surface area contributed by atoms with Crippen molar-refractivity contribution < 1.29 is 4.74 Å². The molecule has 106 valence electrons. The molecule has 2 nitrogen and oxygen atoms in total. The first-order chi connectivity index (χ1) is 9.54. The Morgan fingerprint density at radius 2 is 1.95 bits per heavy atom. The number of anilines is 1. The highest BCUT2D eigenvalue weighted by Crippen LogP contribution is 2.21. The minimum atomic E-state index is 0.189. The Balaban J connectivity index is 2.01. The van der Waals surface area contributed by atoms with Crippen molar-refractivity contribution in [3.63, 3.8) is 0 Å². The summed E-state index contributed by atoms with van der Waals surface area (Å²) >= 11 is 6.12. The van der Waals surface area contributed by atoms with Crippen molar-refractivity contribution in [2.75, 3.05) is 5.32 Å². The van der Waals surface area contributed by atoms with Crippen LogP contribution in [0.4, 0.5) is 5.69 Å². The number of benzene rings is 2. The molecule has 0 radical (unpaired) electrons. The van der Waals surface area contributed by atoms with Gasteiger partial charge in [-0.25, -0.2) is 0 Å². The van der Waals surface area contributed by atoms with Crippen LogP contribution in [-0.4, -0.2) is 6.10 Å². The van der Waals surface area contributed by atoms with Gasteiger partial charge >= 0.3 is 0 Å². The zero-order chi connectivity index (χ0) is 14.5. The van der Waals surface area contributed by atoms with Crippen molar-refractivity contribution in [3.05, 3.63) is 58.6 Å². The number of rotatable bonds is 5. The summed E-state index contributed by atoms with van der Waals surface area (Å²) in [6.45, 7) is 6.80. The van der Waals surface area contributed by atoms with Crippen LogP contribution in [0, 0.1) is 6.92 Å². The van der Waals surface area contributed by atoms with Gasteiger partial charge in [-0.1, -0.05) is 29.8 Å². The first-order valence-electron chi connectivity index (χ1n) is 6.80. The predicted molar refractivity (Wildman–Crippen MR) is 85.7 cm³/mol. The lowest BCUT2D eigenvalue weighted by molar-refractivity contribution is 0.242. The molecule has 0 fully saturated rings. The van der Waals surface area contributed by atoms with E-state index in [4.69, 9.17) is 16.3 Å². The van der Waals surface area contributed by atoms with Gasteiger partial charge in [0.2, 0.25) is 0 Å². The monoisotopic (exact) mass is 289 g/mol. The SMILES string of the molecule is Cc1ccc(NCc2cccc(OC(C)C)c2)cc1Cl. The highest BCUT2D eigenvalue weighted by molar-refractivity contribution is 6.31. The number of halogens is 1. The molecule has 1 N–H and O–H groups in total. The van der Waals surface area contributed by atoms with Gasteiger partial charge in [0.1, 0.15) is 5.75 Å². The van der Waals surface area contributed by atoms with E-state index in [1.54, 1.807) is 0 Å². The molecule has 0 amide bonds.